The van der Waals surface area contributed by atoms with Crippen LogP contribution in [0.1, 0.15) is 51.8 Å². The average molecular weight is 308 g/mol. The largest absolute Gasteiger partial charge is 0.383 e. The number of halogens is 2. The van der Waals surface area contributed by atoms with Crippen molar-refractivity contribution < 1.29 is 13.9 Å². The Bertz CT molecular complexity index is 640. The summed E-state index contributed by atoms with van der Waals surface area (Å²) in [6, 6.07) is 4.95. The highest BCUT2D eigenvalue weighted by Crippen LogP contribution is 2.36. The second-order valence-electron chi connectivity index (χ2n) is 5.66. The maximum Gasteiger partial charge on any atom is 0.165 e. The zero-order valence-corrected chi connectivity index (χ0v) is 12.8. The molecule has 112 valence electrons. The smallest absolute Gasteiger partial charge is 0.165 e. The number of hydrogen-bond donors (Lipinski definition) is 1. The van der Waals surface area contributed by atoms with E-state index in [1.807, 2.05) is 6.07 Å². The Balaban J connectivity index is 1.95. The molecule has 1 nitrogen and oxygen atoms in total. The first-order chi connectivity index (χ1) is 10.1. The molecule has 3 rings (SSSR count). The van der Waals surface area contributed by atoms with Crippen LogP contribution in [0, 0.1) is 18.6 Å². The first-order valence-electron chi connectivity index (χ1n) is 7.32. The molecule has 21 heavy (non-hydrogen) atoms. The van der Waals surface area contributed by atoms with Crippen LogP contribution in [0.15, 0.2) is 18.2 Å². The van der Waals surface area contributed by atoms with E-state index in [0.717, 1.165) is 25.7 Å². The van der Waals surface area contributed by atoms with Crippen molar-refractivity contribution in [2.24, 2.45) is 0 Å². The van der Waals surface area contributed by atoms with Crippen LogP contribution in [0.4, 0.5) is 8.78 Å². The van der Waals surface area contributed by atoms with Crippen LogP contribution >= 0.6 is 11.3 Å². The van der Waals surface area contributed by atoms with Gasteiger partial charge in [-0.2, -0.15) is 0 Å². The van der Waals surface area contributed by atoms with Crippen molar-refractivity contribution in [3.8, 4) is 0 Å². The first kappa shape index (κ1) is 14.7. The van der Waals surface area contributed by atoms with Crippen LogP contribution < -0.4 is 0 Å². The Morgan fingerprint density at radius 1 is 1.10 bits per heavy atom. The maximum atomic E-state index is 14.0. The molecule has 1 aliphatic carbocycles. The predicted molar refractivity (Wildman–Crippen MR) is 80.7 cm³/mol. The number of aliphatic hydroxyl groups is 1. The molecule has 1 aromatic carbocycles. The summed E-state index contributed by atoms with van der Waals surface area (Å²) in [5.41, 5.74) is 1.54. The molecule has 0 saturated carbocycles. The molecule has 2 aromatic rings. The fourth-order valence-corrected chi connectivity index (χ4v) is 4.11. The Morgan fingerprint density at radius 2 is 1.86 bits per heavy atom. The van der Waals surface area contributed by atoms with Gasteiger partial charge in [0.15, 0.2) is 11.6 Å². The van der Waals surface area contributed by atoms with Crippen LogP contribution in [0.2, 0.25) is 0 Å². The van der Waals surface area contributed by atoms with Crippen LogP contribution in [-0.2, 0) is 12.8 Å². The molecule has 1 heterocycles. The van der Waals surface area contributed by atoms with Gasteiger partial charge < -0.3 is 5.11 Å². The van der Waals surface area contributed by atoms with E-state index >= 15 is 0 Å². The summed E-state index contributed by atoms with van der Waals surface area (Å²) in [6.07, 6.45) is 4.51. The summed E-state index contributed by atoms with van der Waals surface area (Å²) in [5.74, 6) is -1.81. The van der Waals surface area contributed by atoms with Gasteiger partial charge in [-0.1, -0.05) is 18.6 Å². The molecule has 0 bridgehead atoms. The minimum absolute atomic E-state index is 0.0227. The summed E-state index contributed by atoms with van der Waals surface area (Å²) in [6.45, 7) is 1.52. The van der Waals surface area contributed by atoms with Crippen LogP contribution in [0.5, 0.6) is 0 Å². The summed E-state index contributed by atoms with van der Waals surface area (Å²) in [7, 11) is 0. The van der Waals surface area contributed by atoms with E-state index < -0.39 is 17.7 Å². The quantitative estimate of drug-likeness (QED) is 0.798. The molecule has 0 spiro atoms. The lowest BCUT2D eigenvalue weighted by molar-refractivity contribution is 0.217. The standard InChI is InChI=1S/C17H18F2OS/c1-10-7-8-12(16(19)15(10)18)17(20)14-9-11-5-3-2-4-6-13(11)21-14/h7-9,17,20H,2-6H2,1H3. The van der Waals surface area contributed by atoms with Gasteiger partial charge in [0.25, 0.3) is 0 Å². The minimum atomic E-state index is -1.09. The molecule has 0 saturated heterocycles. The van der Waals surface area contributed by atoms with E-state index in [9.17, 15) is 13.9 Å². The molecular weight excluding hydrogens is 290 g/mol. The van der Waals surface area contributed by atoms with Crippen LogP contribution in [0.3, 0.4) is 0 Å². The van der Waals surface area contributed by atoms with E-state index in [1.54, 1.807) is 0 Å². The summed E-state index contributed by atoms with van der Waals surface area (Å²) >= 11 is 1.53. The topological polar surface area (TPSA) is 20.2 Å². The lowest BCUT2D eigenvalue weighted by atomic mass is 10.0. The molecule has 1 aromatic heterocycles. The maximum absolute atomic E-state index is 14.0. The van der Waals surface area contributed by atoms with E-state index in [1.165, 1.54) is 47.3 Å². The molecule has 1 atom stereocenters. The monoisotopic (exact) mass is 308 g/mol. The summed E-state index contributed by atoms with van der Waals surface area (Å²) in [4.78, 5) is 2.00. The number of aliphatic hydroxyl groups excluding tert-OH is 1. The number of aryl methyl sites for hydroxylation is 3. The second-order valence-corrected chi connectivity index (χ2v) is 6.83. The third-order valence-electron chi connectivity index (χ3n) is 4.13. The van der Waals surface area contributed by atoms with Gasteiger partial charge in [-0.3, -0.25) is 0 Å². The van der Waals surface area contributed by atoms with Gasteiger partial charge in [-0.05, 0) is 49.8 Å². The van der Waals surface area contributed by atoms with Gasteiger partial charge in [0.05, 0.1) is 0 Å². The molecule has 1 aliphatic rings. The third-order valence-corrected chi connectivity index (χ3v) is 5.42. The van der Waals surface area contributed by atoms with Crippen LogP contribution in [0.25, 0.3) is 0 Å². The molecule has 1 N–H and O–H groups in total. The number of rotatable bonds is 2. The second kappa shape index (κ2) is 5.85. The lowest BCUT2D eigenvalue weighted by Gasteiger charge is -2.11. The van der Waals surface area contributed by atoms with Crippen molar-refractivity contribution in [1.29, 1.82) is 0 Å². The highest BCUT2D eigenvalue weighted by Gasteiger charge is 2.22. The van der Waals surface area contributed by atoms with Gasteiger partial charge in [0.1, 0.15) is 6.10 Å². The van der Waals surface area contributed by atoms with E-state index in [4.69, 9.17) is 0 Å². The van der Waals surface area contributed by atoms with Gasteiger partial charge in [0, 0.05) is 15.3 Å². The fourth-order valence-electron chi connectivity index (χ4n) is 2.85. The Labute approximate surface area is 127 Å². The molecule has 0 aliphatic heterocycles. The highest BCUT2D eigenvalue weighted by atomic mass is 32.1. The predicted octanol–water partition coefficient (Wildman–Crippen LogP) is 4.69. The number of hydrogen-bond acceptors (Lipinski definition) is 2. The van der Waals surface area contributed by atoms with Crippen LogP contribution in [-0.4, -0.2) is 5.11 Å². The normalized spacial score (nSPS) is 16.4. The zero-order chi connectivity index (χ0) is 15.0. The molecule has 0 fully saturated rings. The summed E-state index contributed by atoms with van der Waals surface area (Å²) < 4.78 is 27.7. The molecule has 0 radical (unpaired) electrons. The third kappa shape index (κ3) is 2.74. The number of benzene rings is 1. The highest BCUT2D eigenvalue weighted by molar-refractivity contribution is 7.12. The van der Waals surface area contributed by atoms with Crippen molar-refractivity contribution in [1.82, 2.24) is 0 Å². The Morgan fingerprint density at radius 3 is 2.67 bits per heavy atom. The van der Waals surface area contributed by atoms with Gasteiger partial charge in [-0.15, -0.1) is 11.3 Å². The molecule has 1 unspecified atom stereocenters. The zero-order valence-electron chi connectivity index (χ0n) is 12.0. The number of fused-ring (bicyclic) bond motifs is 1. The van der Waals surface area contributed by atoms with Gasteiger partial charge in [0.2, 0.25) is 0 Å². The molecular formula is C17H18F2OS. The molecule has 0 amide bonds. The lowest BCUT2D eigenvalue weighted by Crippen LogP contribution is -2.04. The van der Waals surface area contributed by atoms with Crippen molar-refractivity contribution in [3.63, 3.8) is 0 Å². The van der Waals surface area contributed by atoms with Crippen molar-refractivity contribution >= 4 is 11.3 Å². The van der Waals surface area contributed by atoms with Crippen molar-refractivity contribution in [2.75, 3.05) is 0 Å². The van der Waals surface area contributed by atoms with E-state index in [-0.39, 0.29) is 11.1 Å². The SMILES string of the molecule is Cc1ccc(C(O)c2cc3c(s2)CCCCC3)c(F)c1F. The first-order valence-corrected chi connectivity index (χ1v) is 8.13. The summed E-state index contributed by atoms with van der Waals surface area (Å²) in [5, 5.41) is 10.4. The fraction of sp³-hybridized carbons (Fsp3) is 0.412. The van der Waals surface area contributed by atoms with E-state index in [0.29, 0.717) is 4.88 Å². The van der Waals surface area contributed by atoms with Gasteiger partial charge in [-0.25, -0.2) is 8.78 Å². The number of thiophene rings is 1. The van der Waals surface area contributed by atoms with Gasteiger partial charge >= 0.3 is 0 Å². The average Bonchev–Trinajstić information content (AvgIpc) is 2.75. The molecule has 4 heteroatoms. The minimum Gasteiger partial charge on any atom is -0.383 e. The Kier molecular flexibility index (Phi) is 4.09. The van der Waals surface area contributed by atoms with Crippen molar-refractivity contribution in [2.45, 2.75) is 45.1 Å². The Hall–Kier alpha value is -1.26. The van der Waals surface area contributed by atoms with Crippen molar-refractivity contribution in [3.05, 3.63) is 56.3 Å². The van der Waals surface area contributed by atoms with E-state index in [2.05, 4.69) is 0 Å².